The summed E-state index contributed by atoms with van der Waals surface area (Å²) in [6.45, 7) is 1.43. The van der Waals surface area contributed by atoms with Crippen LogP contribution in [0.3, 0.4) is 0 Å². The average Bonchev–Trinajstić information content (AvgIpc) is 2.78. The molecule has 0 saturated carbocycles. The fourth-order valence-corrected chi connectivity index (χ4v) is 2.14. The van der Waals surface area contributed by atoms with Crippen LogP contribution in [-0.2, 0) is 11.3 Å². The summed E-state index contributed by atoms with van der Waals surface area (Å²) in [6.07, 6.45) is 7.21. The van der Waals surface area contributed by atoms with Crippen molar-refractivity contribution in [3.05, 3.63) is 18.2 Å². The second kappa shape index (κ2) is 5.31. The Balaban J connectivity index is 2.08. The highest BCUT2D eigenvalue weighted by atomic mass is 16.2. The first kappa shape index (κ1) is 12.1. The van der Waals surface area contributed by atoms with E-state index in [0.29, 0.717) is 12.6 Å². The van der Waals surface area contributed by atoms with Gasteiger partial charge < -0.3 is 14.8 Å². The maximum Gasteiger partial charge on any atom is 0.242 e. The summed E-state index contributed by atoms with van der Waals surface area (Å²) in [5.74, 6) is 0.0973. The highest BCUT2D eigenvalue weighted by Crippen LogP contribution is 2.22. The van der Waals surface area contributed by atoms with Gasteiger partial charge in [-0.25, -0.2) is 4.98 Å². The molecule has 1 amide bonds. The topological polar surface area (TPSA) is 50.2 Å². The van der Waals surface area contributed by atoms with E-state index >= 15 is 0 Å². The first-order valence-corrected chi connectivity index (χ1v) is 6.12. The Labute approximate surface area is 102 Å². The quantitative estimate of drug-likeness (QED) is 0.844. The number of imidazole rings is 1. The van der Waals surface area contributed by atoms with Crippen molar-refractivity contribution in [2.24, 2.45) is 0 Å². The second-order valence-electron chi connectivity index (χ2n) is 4.74. The molecule has 2 rings (SSSR count). The zero-order valence-corrected chi connectivity index (χ0v) is 10.5. The molecule has 0 aromatic carbocycles. The first-order valence-electron chi connectivity index (χ1n) is 6.12. The molecule has 5 nitrogen and oxygen atoms in total. The van der Waals surface area contributed by atoms with Gasteiger partial charge in [-0.3, -0.25) is 4.79 Å². The van der Waals surface area contributed by atoms with Gasteiger partial charge in [-0.2, -0.15) is 0 Å². The molecular formula is C12H20N4O. The number of piperidine rings is 1. The molecule has 1 N–H and O–H groups in total. The average molecular weight is 236 g/mol. The van der Waals surface area contributed by atoms with Crippen LogP contribution >= 0.6 is 0 Å². The molecular weight excluding hydrogens is 216 g/mol. The zero-order valence-electron chi connectivity index (χ0n) is 10.5. The van der Waals surface area contributed by atoms with E-state index in [0.717, 1.165) is 18.7 Å². The van der Waals surface area contributed by atoms with Crippen molar-refractivity contribution in [1.29, 1.82) is 0 Å². The minimum absolute atomic E-state index is 0.0973. The number of carbonyl (C=O) groups excluding carboxylic acids is 1. The van der Waals surface area contributed by atoms with Crippen molar-refractivity contribution < 1.29 is 4.79 Å². The predicted molar refractivity (Wildman–Crippen MR) is 65.5 cm³/mol. The standard InChI is InChI=1S/C12H20N4O/c1-15(2)12(17)8-16-9-13-7-11(16)10-5-3-4-6-14-10/h7,9-10,14H,3-6,8H2,1-2H3. The van der Waals surface area contributed by atoms with E-state index in [1.54, 1.807) is 25.3 Å². The molecule has 0 aliphatic carbocycles. The van der Waals surface area contributed by atoms with Crippen molar-refractivity contribution in [3.8, 4) is 0 Å². The van der Waals surface area contributed by atoms with Gasteiger partial charge in [-0.15, -0.1) is 0 Å². The SMILES string of the molecule is CN(C)C(=O)Cn1cncc1C1CCCCN1. The molecule has 2 heterocycles. The van der Waals surface area contributed by atoms with E-state index in [1.807, 2.05) is 10.8 Å². The Hall–Kier alpha value is -1.36. The molecule has 94 valence electrons. The van der Waals surface area contributed by atoms with Gasteiger partial charge in [0.05, 0.1) is 12.0 Å². The smallest absolute Gasteiger partial charge is 0.242 e. The van der Waals surface area contributed by atoms with Crippen LogP contribution in [0.2, 0.25) is 0 Å². The summed E-state index contributed by atoms with van der Waals surface area (Å²) < 4.78 is 1.95. The number of amides is 1. The maximum absolute atomic E-state index is 11.7. The van der Waals surface area contributed by atoms with E-state index in [2.05, 4.69) is 10.3 Å². The van der Waals surface area contributed by atoms with Gasteiger partial charge in [-0.05, 0) is 19.4 Å². The number of hydrogen-bond acceptors (Lipinski definition) is 3. The van der Waals surface area contributed by atoms with E-state index in [-0.39, 0.29) is 5.91 Å². The Morgan fingerprint density at radius 1 is 1.59 bits per heavy atom. The summed E-state index contributed by atoms with van der Waals surface area (Å²) in [6, 6.07) is 0.348. The Morgan fingerprint density at radius 3 is 3.06 bits per heavy atom. The molecule has 1 unspecified atom stereocenters. The summed E-state index contributed by atoms with van der Waals surface area (Å²) in [5, 5.41) is 3.48. The third-order valence-electron chi connectivity index (χ3n) is 3.22. The molecule has 1 saturated heterocycles. The highest BCUT2D eigenvalue weighted by molar-refractivity contribution is 5.75. The molecule has 17 heavy (non-hydrogen) atoms. The summed E-state index contributed by atoms with van der Waals surface area (Å²) >= 11 is 0. The number of rotatable bonds is 3. The molecule has 1 fully saturated rings. The normalized spacial score (nSPS) is 20.2. The van der Waals surface area contributed by atoms with Gasteiger partial charge in [0, 0.05) is 26.3 Å². The van der Waals surface area contributed by atoms with Gasteiger partial charge in [0.25, 0.3) is 0 Å². The van der Waals surface area contributed by atoms with Crippen LogP contribution in [0.4, 0.5) is 0 Å². The molecule has 1 atom stereocenters. The maximum atomic E-state index is 11.7. The molecule has 0 spiro atoms. The van der Waals surface area contributed by atoms with Crippen LogP contribution < -0.4 is 5.32 Å². The van der Waals surface area contributed by atoms with Crippen molar-refractivity contribution in [3.63, 3.8) is 0 Å². The Kier molecular flexibility index (Phi) is 3.78. The second-order valence-corrected chi connectivity index (χ2v) is 4.74. The Morgan fingerprint density at radius 2 is 2.41 bits per heavy atom. The number of aromatic nitrogens is 2. The number of nitrogens with zero attached hydrogens (tertiary/aromatic N) is 3. The lowest BCUT2D eigenvalue weighted by molar-refractivity contribution is -0.129. The van der Waals surface area contributed by atoms with Gasteiger partial charge in [0.2, 0.25) is 5.91 Å². The number of likely N-dealkylation sites (N-methyl/N-ethyl adjacent to an activating group) is 1. The van der Waals surface area contributed by atoms with Gasteiger partial charge >= 0.3 is 0 Å². The number of carbonyl (C=O) groups is 1. The molecule has 0 bridgehead atoms. The monoisotopic (exact) mass is 236 g/mol. The van der Waals surface area contributed by atoms with Crippen LogP contribution in [0.25, 0.3) is 0 Å². The van der Waals surface area contributed by atoms with Crippen LogP contribution in [0.5, 0.6) is 0 Å². The third-order valence-corrected chi connectivity index (χ3v) is 3.22. The lowest BCUT2D eigenvalue weighted by Gasteiger charge is -2.24. The summed E-state index contributed by atoms with van der Waals surface area (Å²) in [7, 11) is 3.55. The van der Waals surface area contributed by atoms with E-state index in [1.165, 1.54) is 12.8 Å². The van der Waals surface area contributed by atoms with Crippen LogP contribution in [0.1, 0.15) is 31.0 Å². The van der Waals surface area contributed by atoms with Crippen molar-refractivity contribution >= 4 is 5.91 Å². The van der Waals surface area contributed by atoms with E-state index in [4.69, 9.17) is 0 Å². The fraction of sp³-hybridized carbons (Fsp3) is 0.667. The molecule has 1 aliphatic rings. The van der Waals surface area contributed by atoms with Crippen molar-refractivity contribution in [2.45, 2.75) is 31.8 Å². The Bertz CT molecular complexity index is 380. The molecule has 1 aliphatic heterocycles. The van der Waals surface area contributed by atoms with Crippen LogP contribution in [0, 0.1) is 0 Å². The van der Waals surface area contributed by atoms with Crippen molar-refractivity contribution in [1.82, 2.24) is 19.8 Å². The van der Waals surface area contributed by atoms with Gasteiger partial charge in [0.1, 0.15) is 6.54 Å². The summed E-state index contributed by atoms with van der Waals surface area (Å²) in [4.78, 5) is 17.5. The zero-order chi connectivity index (χ0) is 12.3. The third kappa shape index (κ3) is 2.85. The van der Waals surface area contributed by atoms with Crippen LogP contribution in [0.15, 0.2) is 12.5 Å². The van der Waals surface area contributed by atoms with Gasteiger partial charge in [0.15, 0.2) is 0 Å². The van der Waals surface area contributed by atoms with Gasteiger partial charge in [-0.1, -0.05) is 6.42 Å². The van der Waals surface area contributed by atoms with E-state index < -0.39 is 0 Å². The first-order chi connectivity index (χ1) is 8.18. The minimum atomic E-state index is 0.0973. The minimum Gasteiger partial charge on any atom is -0.347 e. The van der Waals surface area contributed by atoms with Crippen LogP contribution in [-0.4, -0.2) is 41.0 Å². The van der Waals surface area contributed by atoms with E-state index in [9.17, 15) is 4.79 Å². The number of nitrogens with one attached hydrogen (secondary N) is 1. The highest BCUT2D eigenvalue weighted by Gasteiger charge is 2.19. The fourth-order valence-electron chi connectivity index (χ4n) is 2.14. The molecule has 5 heteroatoms. The molecule has 0 radical (unpaired) electrons. The summed E-state index contributed by atoms with van der Waals surface area (Å²) in [5.41, 5.74) is 1.12. The predicted octanol–water partition coefficient (Wildman–Crippen LogP) is 0.786. The number of hydrogen-bond donors (Lipinski definition) is 1. The lowest BCUT2D eigenvalue weighted by Crippen LogP contribution is -2.31. The van der Waals surface area contributed by atoms with Crippen molar-refractivity contribution in [2.75, 3.05) is 20.6 Å². The molecule has 1 aromatic rings. The molecule has 1 aromatic heterocycles. The largest absolute Gasteiger partial charge is 0.347 e. The lowest BCUT2D eigenvalue weighted by atomic mass is 10.0.